The third-order valence-corrected chi connectivity index (χ3v) is 6.75. The van der Waals surface area contributed by atoms with Crippen molar-refractivity contribution in [3.63, 3.8) is 0 Å². The van der Waals surface area contributed by atoms with Crippen LogP contribution in [0.5, 0.6) is 0 Å². The van der Waals surface area contributed by atoms with Crippen molar-refractivity contribution in [1.29, 1.82) is 0 Å². The Hall–Kier alpha value is -0.430. The lowest BCUT2D eigenvalue weighted by molar-refractivity contribution is 0.282. The highest BCUT2D eigenvalue weighted by Gasteiger charge is 2.31. The summed E-state index contributed by atoms with van der Waals surface area (Å²) in [4.78, 5) is 0.781. The maximum atomic E-state index is 12.4. The van der Waals surface area contributed by atoms with Crippen molar-refractivity contribution in [1.82, 2.24) is 4.72 Å². The van der Waals surface area contributed by atoms with Gasteiger partial charge in [0.2, 0.25) is 10.0 Å². The molecule has 0 saturated heterocycles. The first-order valence-corrected chi connectivity index (χ1v) is 8.92. The number of aryl methyl sites for hydroxylation is 1. The van der Waals surface area contributed by atoms with E-state index in [0.717, 1.165) is 12.8 Å². The Morgan fingerprint density at radius 2 is 2.05 bits per heavy atom. The fourth-order valence-electron chi connectivity index (χ4n) is 2.70. The molecule has 2 rings (SSSR count). The molecular weight excluding hydrogens is 282 g/mol. The van der Waals surface area contributed by atoms with Gasteiger partial charge in [0.15, 0.2) is 0 Å². The van der Waals surface area contributed by atoms with Crippen LogP contribution in [-0.2, 0) is 16.6 Å². The monoisotopic (exact) mass is 303 g/mol. The first kappa shape index (κ1) is 15.0. The number of aliphatic hydroxyl groups excluding tert-OH is 1. The minimum absolute atomic E-state index is 0.0797. The molecule has 1 fully saturated rings. The van der Waals surface area contributed by atoms with Crippen molar-refractivity contribution < 1.29 is 13.5 Å². The zero-order valence-corrected chi connectivity index (χ0v) is 13.0. The van der Waals surface area contributed by atoms with E-state index in [-0.39, 0.29) is 16.9 Å². The Labute approximate surface area is 118 Å². The number of nitrogens with one attached hydrogen (secondary N) is 1. The average Bonchev–Trinajstić information content (AvgIpc) is 2.94. The lowest BCUT2D eigenvalue weighted by Gasteiger charge is -2.23. The van der Waals surface area contributed by atoms with E-state index in [1.54, 1.807) is 12.3 Å². The van der Waals surface area contributed by atoms with Crippen LogP contribution >= 0.6 is 11.3 Å². The Kier molecular flexibility index (Phi) is 4.35. The Morgan fingerprint density at radius 1 is 1.42 bits per heavy atom. The van der Waals surface area contributed by atoms with E-state index < -0.39 is 10.0 Å². The van der Waals surface area contributed by atoms with E-state index in [1.807, 2.05) is 0 Å². The number of aliphatic hydroxyl groups is 1. The van der Waals surface area contributed by atoms with Gasteiger partial charge >= 0.3 is 0 Å². The Bertz CT molecular complexity index is 542. The van der Waals surface area contributed by atoms with Crippen molar-refractivity contribution in [3.05, 3.63) is 15.8 Å². The first-order valence-electron chi connectivity index (χ1n) is 6.55. The second-order valence-corrected chi connectivity index (χ2v) is 8.34. The third kappa shape index (κ3) is 3.18. The van der Waals surface area contributed by atoms with E-state index >= 15 is 0 Å². The largest absolute Gasteiger partial charge is 0.391 e. The quantitative estimate of drug-likeness (QED) is 0.878. The SMILES string of the molecule is Cc1csc(CO)c1S(=O)(=O)NCC1(C)CCCC1. The van der Waals surface area contributed by atoms with Crippen LogP contribution in [-0.4, -0.2) is 20.1 Å². The summed E-state index contributed by atoms with van der Waals surface area (Å²) in [5.74, 6) is 0. The molecule has 2 N–H and O–H groups in total. The van der Waals surface area contributed by atoms with E-state index in [9.17, 15) is 13.5 Å². The average molecular weight is 303 g/mol. The van der Waals surface area contributed by atoms with Gasteiger partial charge in [0, 0.05) is 6.54 Å². The highest BCUT2D eigenvalue weighted by Crippen LogP contribution is 2.37. The first-order chi connectivity index (χ1) is 8.88. The molecule has 0 radical (unpaired) electrons. The van der Waals surface area contributed by atoms with Crippen molar-refractivity contribution in [2.75, 3.05) is 6.54 Å². The highest BCUT2D eigenvalue weighted by molar-refractivity contribution is 7.89. The zero-order chi connectivity index (χ0) is 14.1. The number of hydrogen-bond acceptors (Lipinski definition) is 4. The van der Waals surface area contributed by atoms with Crippen LogP contribution < -0.4 is 4.72 Å². The summed E-state index contributed by atoms with van der Waals surface area (Å²) in [5, 5.41) is 11.0. The number of rotatable bonds is 5. The molecule has 0 unspecified atom stereocenters. The topological polar surface area (TPSA) is 66.4 Å². The molecule has 6 heteroatoms. The van der Waals surface area contributed by atoms with E-state index in [4.69, 9.17) is 0 Å². The molecule has 0 amide bonds. The van der Waals surface area contributed by atoms with E-state index in [1.165, 1.54) is 24.2 Å². The number of thiophene rings is 1. The molecule has 0 spiro atoms. The predicted molar refractivity (Wildman–Crippen MR) is 76.7 cm³/mol. The lowest BCUT2D eigenvalue weighted by Crippen LogP contribution is -2.34. The van der Waals surface area contributed by atoms with Crippen molar-refractivity contribution in [2.24, 2.45) is 5.41 Å². The molecule has 0 aliphatic heterocycles. The summed E-state index contributed by atoms with van der Waals surface area (Å²) in [7, 11) is -3.52. The van der Waals surface area contributed by atoms with Crippen LogP contribution in [0.3, 0.4) is 0 Å². The highest BCUT2D eigenvalue weighted by atomic mass is 32.2. The van der Waals surface area contributed by atoms with Gasteiger partial charge in [0.1, 0.15) is 4.90 Å². The Morgan fingerprint density at radius 3 is 2.63 bits per heavy atom. The van der Waals surface area contributed by atoms with Gasteiger partial charge in [-0.2, -0.15) is 0 Å². The predicted octanol–water partition coefficient (Wildman–Crippen LogP) is 2.41. The van der Waals surface area contributed by atoms with Crippen LogP contribution in [0.2, 0.25) is 0 Å². The van der Waals surface area contributed by atoms with Gasteiger partial charge in [-0.1, -0.05) is 19.8 Å². The molecule has 0 atom stereocenters. The summed E-state index contributed by atoms with van der Waals surface area (Å²) >= 11 is 1.29. The van der Waals surface area contributed by atoms with E-state index in [2.05, 4.69) is 11.6 Å². The number of sulfonamides is 1. The molecule has 4 nitrogen and oxygen atoms in total. The molecule has 1 aliphatic carbocycles. The fourth-order valence-corrected chi connectivity index (χ4v) is 5.56. The lowest BCUT2D eigenvalue weighted by atomic mass is 9.89. The standard InChI is InChI=1S/C13H21NO3S2/c1-10-8-18-11(7-15)12(10)19(16,17)14-9-13(2)5-3-4-6-13/h8,14-15H,3-7,9H2,1-2H3. The molecular formula is C13H21NO3S2. The Balaban J connectivity index is 2.16. The van der Waals surface area contributed by atoms with Gasteiger partial charge in [0.05, 0.1) is 11.5 Å². The van der Waals surface area contributed by atoms with Crippen LogP contribution in [0.15, 0.2) is 10.3 Å². The maximum absolute atomic E-state index is 12.4. The summed E-state index contributed by atoms with van der Waals surface area (Å²) < 4.78 is 27.5. The molecule has 108 valence electrons. The van der Waals surface area contributed by atoms with Crippen molar-refractivity contribution in [2.45, 2.75) is 51.0 Å². The molecule has 1 aliphatic rings. The van der Waals surface area contributed by atoms with Gasteiger partial charge < -0.3 is 5.11 Å². The van der Waals surface area contributed by atoms with Crippen molar-refractivity contribution >= 4 is 21.4 Å². The minimum Gasteiger partial charge on any atom is -0.391 e. The van der Waals surface area contributed by atoms with Crippen LogP contribution in [0.4, 0.5) is 0 Å². The molecule has 0 aromatic carbocycles. The molecule has 19 heavy (non-hydrogen) atoms. The number of hydrogen-bond donors (Lipinski definition) is 2. The van der Waals surface area contributed by atoms with Gasteiger partial charge in [0.25, 0.3) is 0 Å². The third-order valence-electron chi connectivity index (χ3n) is 3.90. The van der Waals surface area contributed by atoms with Gasteiger partial charge in [-0.05, 0) is 36.1 Å². The smallest absolute Gasteiger partial charge is 0.242 e. The second kappa shape index (κ2) is 5.52. The molecule has 1 heterocycles. The molecule has 0 bridgehead atoms. The summed E-state index contributed by atoms with van der Waals surface area (Å²) in [6, 6.07) is 0. The van der Waals surface area contributed by atoms with Gasteiger partial charge in [-0.3, -0.25) is 0 Å². The normalized spacial score (nSPS) is 18.9. The van der Waals surface area contributed by atoms with Gasteiger partial charge in [-0.25, -0.2) is 13.1 Å². The fraction of sp³-hybridized carbons (Fsp3) is 0.692. The minimum atomic E-state index is -3.52. The molecule has 1 saturated carbocycles. The van der Waals surface area contributed by atoms with Crippen LogP contribution in [0, 0.1) is 12.3 Å². The van der Waals surface area contributed by atoms with Crippen molar-refractivity contribution in [3.8, 4) is 0 Å². The summed E-state index contributed by atoms with van der Waals surface area (Å²) in [5.41, 5.74) is 0.786. The summed E-state index contributed by atoms with van der Waals surface area (Å²) in [6.07, 6.45) is 4.51. The summed E-state index contributed by atoms with van der Waals surface area (Å²) in [6.45, 7) is 4.15. The van der Waals surface area contributed by atoms with E-state index in [0.29, 0.717) is 17.0 Å². The van der Waals surface area contributed by atoms with Gasteiger partial charge in [-0.15, -0.1) is 11.3 Å². The maximum Gasteiger partial charge on any atom is 0.242 e. The molecule has 1 aromatic rings. The van der Waals surface area contributed by atoms with Crippen LogP contribution in [0.25, 0.3) is 0 Å². The second-order valence-electron chi connectivity index (χ2n) is 5.67. The van der Waals surface area contributed by atoms with Crippen LogP contribution in [0.1, 0.15) is 43.0 Å². The zero-order valence-electron chi connectivity index (χ0n) is 11.4. The molecule has 1 aromatic heterocycles.